The predicted octanol–water partition coefficient (Wildman–Crippen LogP) is 7.87. The van der Waals surface area contributed by atoms with Crippen LogP contribution in [0, 0.1) is 13.8 Å². The molecule has 8 rings (SSSR count). The van der Waals surface area contributed by atoms with Gasteiger partial charge in [0.25, 0.3) is 52.3 Å². The van der Waals surface area contributed by atoms with E-state index in [1.165, 1.54) is 43.5 Å². The van der Waals surface area contributed by atoms with Crippen LogP contribution < -0.4 is 9.64 Å². The smallest absolute Gasteiger partial charge is 0.363 e. The molecule has 0 aromatic heterocycles. The molecule has 4 N–H and O–H groups in total. The number of carbonyl (C=O) groups excluding carboxylic acids is 3. The molecule has 0 spiro atoms. The highest BCUT2D eigenvalue weighted by molar-refractivity contribution is 7.87. The van der Waals surface area contributed by atoms with E-state index in [1.807, 2.05) is 32.1 Å². The Hall–Kier alpha value is -6.72. The zero-order valence-electron chi connectivity index (χ0n) is 45.8. The van der Waals surface area contributed by atoms with Gasteiger partial charge in [0, 0.05) is 93.1 Å². The zero-order chi connectivity index (χ0) is 60.1. The van der Waals surface area contributed by atoms with Gasteiger partial charge in [-0.2, -0.15) is 38.2 Å². The molecule has 2 unspecified atom stereocenters. The van der Waals surface area contributed by atoms with Gasteiger partial charge >= 0.3 is 5.97 Å². The number of nitrogens with zero attached hydrogens (tertiary/aromatic N) is 3. The van der Waals surface area contributed by atoms with E-state index in [0.29, 0.717) is 69.4 Å². The molecule has 3 heterocycles. The summed E-state index contributed by atoms with van der Waals surface area (Å²) in [6, 6.07) is 15.7. The van der Waals surface area contributed by atoms with Crippen LogP contribution >= 0.6 is 0 Å². The van der Waals surface area contributed by atoms with Crippen molar-refractivity contribution in [1.29, 1.82) is 0 Å². The molecule has 0 saturated carbocycles. The van der Waals surface area contributed by atoms with Crippen LogP contribution in [0.5, 0.6) is 5.75 Å². The molecule has 438 valence electrons. The van der Waals surface area contributed by atoms with Crippen LogP contribution in [-0.4, -0.2) is 131 Å². The lowest BCUT2D eigenvalue weighted by Crippen LogP contribution is -2.33. The standard InChI is InChI=1S/C56H61N3O19S4/c1-8-24-57-44-16-11-36-10-14-39(80(66,67)68)31-42(36)51(44)55(4,22-26-75-6)47(57)18-12-38(77-53-34(2)29-37(30-35(53)3)54(62)78-59-49(60)20-21-50(59)61)13-19-48-56(5,23-27-76-7)52-43-32-40(81(69,70)71)33-46(82(72,73)74)41(43)15-17-45(52)58(48)25-9-28-79(63,64)65/h10-19,29-33H,8-9,20-28H2,1-7H3,(H3-,63,64,65,66,67,68,69,70,71,72,73,74)/p+1. The Labute approximate surface area is 475 Å². The molecule has 2 atom stereocenters. The molecular weight excluding hydrogens is 1150 g/mol. The third-order valence-electron chi connectivity index (χ3n) is 15.0. The summed E-state index contributed by atoms with van der Waals surface area (Å²) in [4.78, 5) is 43.2. The number of carbonyl (C=O) groups is 3. The number of allylic oxidation sites excluding steroid dienone is 5. The van der Waals surface area contributed by atoms with Gasteiger partial charge in [-0.15, -0.1) is 5.06 Å². The van der Waals surface area contributed by atoms with E-state index in [1.54, 1.807) is 57.1 Å². The second-order valence-corrected chi connectivity index (χ2v) is 26.5. The van der Waals surface area contributed by atoms with E-state index in [0.717, 1.165) is 23.0 Å². The van der Waals surface area contributed by atoms with Gasteiger partial charge in [0.2, 0.25) is 5.69 Å². The van der Waals surface area contributed by atoms with Crippen LogP contribution in [0.1, 0.15) is 91.9 Å². The maximum Gasteiger partial charge on any atom is 0.363 e. The Morgan fingerprint density at radius 2 is 1.34 bits per heavy atom. The van der Waals surface area contributed by atoms with E-state index in [-0.39, 0.29) is 78.2 Å². The summed E-state index contributed by atoms with van der Waals surface area (Å²) in [6.45, 7) is 9.73. The van der Waals surface area contributed by atoms with Crippen LogP contribution in [0.25, 0.3) is 21.5 Å². The van der Waals surface area contributed by atoms with Gasteiger partial charge in [0.15, 0.2) is 5.71 Å². The van der Waals surface area contributed by atoms with Gasteiger partial charge in [-0.3, -0.25) is 27.8 Å². The summed E-state index contributed by atoms with van der Waals surface area (Å²) in [6.07, 6.45) is 7.53. The van der Waals surface area contributed by atoms with Crippen molar-refractivity contribution in [2.45, 2.75) is 98.7 Å². The Bertz CT molecular complexity index is 4060. The molecule has 2 amide bonds. The maximum absolute atomic E-state index is 13.5. The number of methoxy groups -OCH3 is 2. The van der Waals surface area contributed by atoms with Crippen LogP contribution in [-0.2, 0) is 75.2 Å². The van der Waals surface area contributed by atoms with Crippen molar-refractivity contribution in [3.05, 3.63) is 130 Å². The fourth-order valence-electron chi connectivity index (χ4n) is 11.3. The molecule has 26 heteroatoms. The highest BCUT2D eigenvalue weighted by atomic mass is 32.2. The topological polar surface area (TPSA) is 315 Å². The minimum Gasteiger partial charge on any atom is -0.457 e. The molecule has 0 aliphatic carbocycles. The van der Waals surface area contributed by atoms with Crippen molar-refractivity contribution in [2.75, 3.05) is 51.2 Å². The summed E-state index contributed by atoms with van der Waals surface area (Å²) < 4.78 is 162. The van der Waals surface area contributed by atoms with E-state index in [4.69, 9.17) is 19.0 Å². The highest BCUT2D eigenvalue weighted by Crippen LogP contribution is 2.54. The number of fused-ring (bicyclic) bond motifs is 6. The number of ether oxygens (including phenoxy) is 3. The molecule has 1 fully saturated rings. The normalized spacial score (nSPS) is 19.4. The molecule has 5 aromatic rings. The summed E-state index contributed by atoms with van der Waals surface area (Å²) in [5, 5.41) is 1.59. The van der Waals surface area contributed by atoms with E-state index < -0.39 is 84.6 Å². The number of benzene rings is 5. The van der Waals surface area contributed by atoms with Crippen LogP contribution in [0.4, 0.5) is 11.4 Å². The first-order chi connectivity index (χ1) is 38.4. The molecule has 0 bridgehead atoms. The first-order valence-corrected chi connectivity index (χ1v) is 31.7. The molecule has 5 aromatic carbocycles. The second kappa shape index (κ2) is 23.1. The number of hydrogen-bond acceptors (Lipinski definition) is 16. The van der Waals surface area contributed by atoms with E-state index in [9.17, 15) is 66.3 Å². The zero-order valence-corrected chi connectivity index (χ0v) is 49.1. The Morgan fingerprint density at radius 3 is 1.93 bits per heavy atom. The van der Waals surface area contributed by atoms with Gasteiger partial charge < -0.3 is 23.9 Å². The number of hydroxylamine groups is 2. The van der Waals surface area contributed by atoms with Crippen molar-refractivity contribution in [1.82, 2.24) is 5.06 Å². The van der Waals surface area contributed by atoms with E-state index >= 15 is 0 Å². The van der Waals surface area contributed by atoms with Gasteiger partial charge in [-0.25, -0.2) is 4.79 Å². The van der Waals surface area contributed by atoms with Crippen LogP contribution in [0.2, 0.25) is 0 Å². The molecular formula is C56H62N3O19S4+. The Morgan fingerprint density at radius 1 is 0.732 bits per heavy atom. The van der Waals surface area contributed by atoms with Crippen LogP contribution in [0.15, 0.2) is 117 Å². The fraction of sp³-hybridized carbons (Fsp3) is 0.357. The maximum atomic E-state index is 13.5. The lowest BCUT2D eigenvalue weighted by Gasteiger charge is -2.30. The van der Waals surface area contributed by atoms with Crippen molar-refractivity contribution >= 4 is 96.9 Å². The van der Waals surface area contributed by atoms with Crippen molar-refractivity contribution in [2.24, 2.45) is 0 Å². The Kier molecular flexibility index (Phi) is 17.3. The molecule has 1 saturated heterocycles. The average molecular weight is 1210 g/mol. The quantitative estimate of drug-likeness (QED) is 0.0168. The number of amides is 2. The Balaban J connectivity index is 1.38. The number of anilines is 1. The first kappa shape index (κ1) is 61.4. The van der Waals surface area contributed by atoms with Crippen LogP contribution in [0.3, 0.4) is 0 Å². The predicted molar refractivity (Wildman–Crippen MR) is 302 cm³/mol. The van der Waals surface area contributed by atoms with Gasteiger partial charge in [-0.1, -0.05) is 19.1 Å². The second-order valence-electron chi connectivity index (χ2n) is 20.7. The van der Waals surface area contributed by atoms with Gasteiger partial charge in [0.1, 0.15) is 22.9 Å². The van der Waals surface area contributed by atoms with Gasteiger partial charge in [-0.05, 0) is 147 Å². The third kappa shape index (κ3) is 12.2. The molecule has 3 aliphatic heterocycles. The summed E-state index contributed by atoms with van der Waals surface area (Å²) >= 11 is 0. The van der Waals surface area contributed by atoms with Crippen molar-refractivity contribution in [3.63, 3.8) is 0 Å². The minimum atomic E-state index is -5.15. The number of hydrogen-bond donors (Lipinski definition) is 4. The monoisotopic (exact) mass is 1210 g/mol. The molecule has 0 radical (unpaired) electrons. The van der Waals surface area contributed by atoms with Crippen molar-refractivity contribution in [3.8, 4) is 5.75 Å². The third-order valence-corrected chi connectivity index (χ3v) is 18.4. The summed E-state index contributed by atoms with van der Waals surface area (Å²) in [5.41, 5.74) is 1.87. The fourth-order valence-corrected chi connectivity index (χ4v) is 13.6. The number of aryl methyl sites for hydroxylation is 2. The molecule has 22 nitrogen and oxygen atoms in total. The minimum absolute atomic E-state index is 0.00878. The summed E-state index contributed by atoms with van der Waals surface area (Å²) in [5.74, 6) is -2.62. The average Bonchev–Trinajstić information content (AvgIpc) is 1.76. The molecule has 3 aliphatic rings. The van der Waals surface area contributed by atoms with Crippen molar-refractivity contribution < 1.29 is 89.9 Å². The number of imide groups is 1. The first-order valence-electron chi connectivity index (χ1n) is 25.8. The SMILES string of the molecule is CCC[N+]1=C(/C=C/C(=C/C=C2/N(CCCS(=O)(=O)O)c3ccc4c(S(=O)(=O)O)cc(S(=O)(=O)O)cc4c3C2(C)CCOC)Oc2c(C)cc(C(=O)ON3C(=O)CCC3=O)cc2C)C(C)(CCOC)c2c1ccc1ccc(S(=O)(=O)O)cc21. The molecule has 82 heavy (non-hydrogen) atoms. The lowest BCUT2D eigenvalue weighted by atomic mass is 9.75. The largest absolute Gasteiger partial charge is 0.457 e. The highest BCUT2D eigenvalue weighted by Gasteiger charge is 2.49. The summed E-state index contributed by atoms with van der Waals surface area (Å²) in [7, 11) is -16.4. The number of rotatable bonds is 22. The lowest BCUT2D eigenvalue weighted by molar-refractivity contribution is -0.437. The van der Waals surface area contributed by atoms with E-state index in [2.05, 4.69) is 4.58 Å². The van der Waals surface area contributed by atoms with Gasteiger partial charge in [0.05, 0.1) is 26.5 Å².